The minimum Gasteiger partial charge on any atom is -0.383 e. The van der Waals surface area contributed by atoms with Crippen LogP contribution in [0.15, 0.2) is 0 Å². The molecule has 0 radical (unpaired) electrons. The van der Waals surface area contributed by atoms with Crippen molar-refractivity contribution in [1.82, 2.24) is 15.4 Å². The van der Waals surface area contributed by atoms with Gasteiger partial charge in [0.05, 0.1) is 18.9 Å². The molecular formula is C12H26ClN3O4S. The van der Waals surface area contributed by atoms with Crippen LogP contribution in [0.2, 0.25) is 0 Å². The van der Waals surface area contributed by atoms with Gasteiger partial charge >= 0.3 is 0 Å². The number of ether oxygens (including phenoxy) is 1. The van der Waals surface area contributed by atoms with E-state index in [0.29, 0.717) is 25.6 Å². The maximum Gasteiger partial charge on any atom is 0.233 e. The number of carbonyl (C=O) groups is 1. The van der Waals surface area contributed by atoms with Crippen LogP contribution >= 0.6 is 12.4 Å². The highest BCUT2D eigenvalue weighted by Gasteiger charge is 2.20. The van der Waals surface area contributed by atoms with E-state index in [0.717, 1.165) is 12.8 Å². The van der Waals surface area contributed by atoms with E-state index in [1.54, 1.807) is 7.11 Å². The predicted molar refractivity (Wildman–Crippen MR) is 84.1 cm³/mol. The number of hydrogen-bond donors (Lipinski definition) is 3. The summed E-state index contributed by atoms with van der Waals surface area (Å²) in [4.78, 5) is 11.4. The van der Waals surface area contributed by atoms with Gasteiger partial charge in [0.2, 0.25) is 15.9 Å². The standard InChI is InChI=1S/C12H25N3O4S.ClH/c1-19-7-5-13-10-12(16)14-6-8-20(17,18)15-9-11-3-2-4-11;/h11,13,15H,2-10H2,1H3,(H,14,16);1H. The molecule has 126 valence electrons. The first-order valence-corrected chi connectivity index (χ1v) is 8.62. The van der Waals surface area contributed by atoms with Gasteiger partial charge in [0.1, 0.15) is 0 Å². The van der Waals surface area contributed by atoms with Crippen LogP contribution in [0.5, 0.6) is 0 Å². The maximum atomic E-state index is 11.7. The van der Waals surface area contributed by atoms with Crippen LogP contribution in [0, 0.1) is 5.92 Å². The molecule has 1 aliphatic rings. The SMILES string of the molecule is COCCNCC(=O)NCCS(=O)(=O)NCC1CCC1.Cl. The molecule has 0 spiro atoms. The predicted octanol–water partition coefficient (Wildman–Crippen LogP) is -0.520. The number of carbonyl (C=O) groups excluding carboxylic acids is 1. The van der Waals surface area contributed by atoms with E-state index in [9.17, 15) is 13.2 Å². The molecule has 9 heteroatoms. The molecule has 0 aromatic carbocycles. The molecule has 0 aromatic heterocycles. The van der Waals surface area contributed by atoms with Gasteiger partial charge in [0, 0.05) is 26.7 Å². The van der Waals surface area contributed by atoms with Gasteiger partial charge in [-0.1, -0.05) is 6.42 Å². The Morgan fingerprint density at radius 2 is 2.00 bits per heavy atom. The third-order valence-electron chi connectivity index (χ3n) is 3.28. The zero-order chi connectivity index (χ0) is 14.8. The fourth-order valence-electron chi connectivity index (χ4n) is 1.78. The maximum absolute atomic E-state index is 11.7. The molecule has 1 amide bonds. The number of halogens is 1. The normalized spacial score (nSPS) is 15.1. The summed E-state index contributed by atoms with van der Waals surface area (Å²) in [5.74, 6) is 0.198. The van der Waals surface area contributed by atoms with E-state index < -0.39 is 10.0 Å². The Balaban J connectivity index is 0.00000400. The first-order valence-electron chi connectivity index (χ1n) is 6.97. The van der Waals surface area contributed by atoms with E-state index in [4.69, 9.17) is 4.74 Å². The lowest BCUT2D eigenvalue weighted by molar-refractivity contribution is -0.120. The number of rotatable bonds is 11. The summed E-state index contributed by atoms with van der Waals surface area (Å²) < 4.78 is 30.7. The molecule has 21 heavy (non-hydrogen) atoms. The lowest BCUT2D eigenvalue weighted by Crippen LogP contribution is -2.40. The number of sulfonamides is 1. The molecule has 0 aromatic rings. The molecule has 0 atom stereocenters. The fraction of sp³-hybridized carbons (Fsp3) is 0.917. The van der Waals surface area contributed by atoms with Crippen molar-refractivity contribution in [3.05, 3.63) is 0 Å². The summed E-state index contributed by atoms with van der Waals surface area (Å²) in [6.45, 7) is 1.94. The fourth-order valence-corrected chi connectivity index (χ4v) is 2.78. The highest BCUT2D eigenvalue weighted by Crippen LogP contribution is 2.25. The van der Waals surface area contributed by atoms with E-state index in [-0.39, 0.29) is 37.2 Å². The molecule has 0 heterocycles. The van der Waals surface area contributed by atoms with Gasteiger partial charge < -0.3 is 15.4 Å². The zero-order valence-corrected chi connectivity index (χ0v) is 14.0. The molecular weight excluding hydrogens is 318 g/mol. The van der Waals surface area contributed by atoms with Crippen molar-refractivity contribution >= 4 is 28.3 Å². The summed E-state index contributed by atoms with van der Waals surface area (Å²) in [6, 6.07) is 0. The Hall–Kier alpha value is -0.410. The quantitative estimate of drug-likeness (QED) is 0.439. The third-order valence-corrected chi connectivity index (χ3v) is 4.63. The Kier molecular flexibility index (Phi) is 11.0. The average molecular weight is 344 g/mol. The second-order valence-electron chi connectivity index (χ2n) is 4.98. The van der Waals surface area contributed by atoms with Crippen molar-refractivity contribution in [3.8, 4) is 0 Å². The molecule has 1 saturated carbocycles. The first-order chi connectivity index (χ1) is 9.53. The van der Waals surface area contributed by atoms with Crippen molar-refractivity contribution in [2.75, 3.05) is 45.6 Å². The third kappa shape index (κ3) is 10.0. The summed E-state index contributed by atoms with van der Waals surface area (Å²) in [6.07, 6.45) is 3.40. The van der Waals surface area contributed by atoms with Crippen molar-refractivity contribution < 1.29 is 17.9 Å². The summed E-state index contributed by atoms with van der Waals surface area (Å²) in [5, 5.41) is 5.46. The lowest BCUT2D eigenvalue weighted by atomic mass is 9.86. The number of methoxy groups -OCH3 is 1. The van der Waals surface area contributed by atoms with Gasteiger partial charge in [-0.25, -0.2) is 13.1 Å². The van der Waals surface area contributed by atoms with Crippen LogP contribution < -0.4 is 15.4 Å². The highest BCUT2D eigenvalue weighted by molar-refractivity contribution is 7.89. The Morgan fingerprint density at radius 1 is 1.29 bits per heavy atom. The topological polar surface area (TPSA) is 96.5 Å². The van der Waals surface area contributed by atoms with Gasteiger partial charge in [-0.3, -0.25) is 4.79 Å². The van der Waals surface area contributed by atoms with Gasteiger partial charge in [0.25, 0.3) is 0 Å². The van der Waals surface area contributed by atoms with Gasteiger partial charge in [0.15, 0.2) is 0 Å². The molecule has 1 fully saturated rings. The second kappa shape index (κ2) is 11.2. The van der Waals surface area contributed by atoms with Crippen LogP contribution in [-0.4, -0.2) is 60.0 Å². The monoisotopic (exact) mass is 343 g/mol. The number of nitrogens with one attached hydrogen (secondary N) is 3. The lowest BCUT2D eigenvalue weighted by Gasteiger charge is -2.25. The van der Waals surface area contributed by atoms with Crippen LogP contribution in [0.4, 0.5) is 0 Å². The summed E-state index contributed by atoms with van der Waals surface area (Å²) in [7, 11) is -1.70. The highest BCUT2D eigenvalue weighted by atomic mass is 35.5. The van der Waals surface area contributed by atoms with E-state index in [1.807, 2.05) is 0 Å². The van der Waals surface area contributed by atoms with Gasteiger partial charge in [-0.05, 0) is 18.8 Å². The Morgan fingerprint density at radius 3 is 2.57 bits per heavy atom. The largest absolute Gasteiger partial charge is 0.383 e. The van der Waals surface area contributed by atoms with Gasteiger partial charge in [-0.2, -0.15) is 0 Å². The number of hydrogen-bond acceptors (Lipinski definition) is 5. The van der Waals surface area contributed by atoms with Crippen molar-refractivity contribution in [3.63, 3.8) is 0 Å². The molecule has 1 rings (SSSR count). The first kappa shape index (κ1) is 20.6. The second-order valence-corrected chi connectivity index (χ2v) is 6.91. The molecule has 1 aliphatic carbocycles. The zero-order valence-electron chi connectivity index (χ0n) is 12.4. The van der Waals surface area contributed by atoms with Crippen LogP contribution in [-0.2, 0) is 19.6 Å². The smallest absolute Gasteiger partial charge is 0.233 e. The van der Waals surface area contributed by atoms with E-state index in [1.165, 1.54) is 6.42 Å². The van der Waals surface area contributed by atoms with Crippen LogP contribution in [0.25, 0.3) is 0 Å². The van der Waals surface area contributed by atoms with E-state index in [2.05, 4.69) is 15.4 Å². The molecule has 7 nitrogen and oxygen atoms in total. The Labute approximate surface area is 133 Å². The van der Waals surface area contributed by atoms with E-state index >= 15 is 0 Å². The molecule has 0 bridgehead atoms. The Bertz CT molecular complexity index is 388. The minimum absolute atomic E-state index is 0. The molecule has 0 saturated heterocycles. The number of amides is 1. The van der Waals surface area contributed by atoms with Crippen molar-refractivity contribution in [2.24, 2.45) is 5.92 Å². The van der Waals surface area contributed by atoms with Crippen LogP contribution in [0.3, 0.4) is 0 Å². The molecule has 0 unspecified atom stereocenters. The minimum atomic E-state index is -3.28. The van der Waals surface area contributed by atoms with Crippen molar-refractivity contribution in [1.29, 1.82) is 0 Å². The summed E-state index contributed by atoms with van der Waals surface area (Å²) in [5.41, 5.74) is 0. The van der Waals surface area contributed by atoms with Crippen molar-refractivity contribution in [2.45, 2.75) is 19.3 Å². The van der Waals surface area contributed by atoms with Crippen LogP contribution in [0.1, 0.15) is 19.3 Å². The summed E-state index contributed by atoms with van der Waals surface area (Å²) >= 11 is 0. The molecule has 0 aliphatic heterocycles. The van der Waals surface area contributed by atoms with Gasteiger partial charge in [-0.15, -0.1) is 12.4 Å². The average Bonchev–Trinajstić information content (AvgIpc) is 2.32. The molecule has 3 N–H and O–H groups in total.